The summed E-state index contributed by atoms with van der Waals surface area (Å²) in [4.78, 5) is 36.0. The van der Waals surface area contributed by atoms with E-state index in [0.717, 1.165) is 0 Å². The minimum absolute atomic E-state index is 0.00973. The molecule has 0 fully saturated rings. The van der Waals surface area contributed by atoms with Crippen LogP contribution in [0, 0.1) is 0 Å². The van der Waals surface area contributed by atoms with Crippen molar-refractivity contribution in [2.24, 2.45) is 0 Å². The second-order valence-electron chi connectivity index (χ2n) is 6.24. The average Bonchev–Trinajstić information content (AvgIpc) is 3.14. The van der Waals surface area contributed by atoms with E-state index in [1.54, 1.807) is 29.6 Å². The first-order valence-corrected chi connectivity index (χ1v) is 9.89. The van der Waals surface area contributed by atoms with Crippen LogP contribution in [0.1, 0.15) is 47.4 Å². The van der Waals surface area contributed by atoms with Crippen LogP contribution in [0.25, 0.3) is 0 Å². The van der Waals surface area contributed by atoms with Crippen LogP contribution in [0.4, 0.5) is 5.69 Å². The number of rotatable bonds is 8. The lowest BCUT2D eigenvalue weighted by Crippen LogP contribution is -2.30. The molecule has 3 amide bonds. The molecule has 8 heteroatoms. The zero-order valence-corrected chi connectivity index (χ0v) is 16.7. The van der Waals surface area contributed by atoms with Crippen LogP contribution in [0.2, 0.25) is 5.02 Å². The molecule has 1 heterocycles. The van der Waals surface area contributed by atoms with Crippen molar-refractivity contribution in [2.75, 3.05) is 11.9 Å². The third-order valence-corrected chi connectivity index (χ3v) is 4.58. The summed E-state index contributed by atoms with van der Waals surface area (Å²) >= 11 is 7.56. The van der Waals surface area contributed by atoms with Crippen LogP contribution in [-0.4, -0.2) is 30.3 Å². The lowest BCUT2D eigenvalue weighted by atomic mass is 10.1. The lowest BCUT2D eigenvalue weighted by Gasteiger charge is -2.11. The van der Waals surface area contributed by atoms with Crippen molar-refractivity contribution < 1.29 is 14.4 Å². The molecule has 0 radical (unpaired) electrons. The zero-order valence-electron chi connectivity index (χ0n) is 15.2. The van der Waals surface area contributed by atoms with E-state index in [4.69, 9.17) is 11.6 Å². The largest absolute Gasteiger partial charge is 0.352 e. The highest BCUT2D eigenvalue weighted by atomic mass is 35.5. The molecule has 6 nitrogen and oxygen atoms in total. The van der Waals surface area contributed by atoms with E-state index in [9.17, 15) is 14.4 Å². The quantitative estimate of drug-likeness (QED) is 0.583. The summed E-state index contributed by atoms with van der Waals surface area (Å²) < 4.78 is 0. The SMILES string of the molecule is CC(C)NC(=O)c1ccc(Cl)c(NC(=O)CCCNC(=O)c2ccsc2)c1. The Hall–Kier alpha value is -2.38. The van der Waals surface area contributed by atoms with Gasteiger partial charge in [0.25, 0.3) is 11.8 Å². The van der Waals surface area contributed by atoms with E-state index < -0.39 is 0 Å². The summed E-state index contributed by atoms with van der Waals surface area (Å²) in [6.07, 6.45) is 0.718. The number of hydrogen-bond donors (Lipinski definition) is 3. The molecule has 0 atom stereocenters. The molecule has 2 rings (SSSR count). The summed E-state index contributed by atoms with van der Waals surface area (Å²) in [5.41, 5.74) is 1.43. The average molecular weight is 408 g/mol. The van der Waals surface area contributed by atoms with Crippen LogP contribution in [-0.2, 0) is 4.79 Å². The summed E-state index contributed by atoms with van der Waals surface area (Å²) in [6, 6.07) is 6.49. The first-order valence-electron chi connectivity index (χ1n) is 8.57. The lowest BCUT2D eigenvalue weighted by molar-refractivity contribution is -0.116. The smallest absolute Gasteiger partial charge is 0.252 e. The van der Waals surface area contributed by atoms with Gasteiger partial charge in [0.15, 0.2) is 0 Å². The molecule has 2 aromatic rings. The van der Waals surface area contributed by atoms with Gasteiger partial charge in [-0.3, -0.25) is 14.4 Å². The number of carbonyl (C=O) groups is 3. The van der Waals surface area contributed by atoms with Gasteiger partial charge in [0.2, 0.25) is 5.91 Å². The Kier molecular flexibility index (Phi) is 7.82. The summed E-state index contributed by atoms with van der Waals surface area (Å²) in [5.74, 6) is -0.611. The van der Waals surface area contributed by atoms with E-state index in [0.29, 0.717) is 34.8 Å². The maximum atomic E-state index is 12.1. The van der Waals surface area contributed by atoms with Gasteiger partial charge in [-0.2, -0.15) is 11.3 Å². The Bertz CT molecular complexity index is 807. The molecule has 1 aromatic carbocycles. The molecule has 3 N–H and O–H groups in total. The highest BCUT2D eigenvalue weighted by Gasteiger charge is 2.12. The first-order chi connectivity index (χ1) is 12.9. The van der Waals surface area contributed by atoms with E-state index in [1.807, 2.05) is 19.2 Å². The highest BCUT2D eigenvalue weighted by molar-refractivity contribution is 7.08. The van der Waals surface area contributed by atoms with E-state index in [1.165, 1.54) is 11.3 Å². The summed E-state index contributed by atoms with van der Waals surface area (Å²) in [5, 5.41) is 12.2. The number of thiophene rings is 1. The number of anilines is 1. The molecular formula is C19H22ClN3O3S. The Labute approximate surface area is 167 Å². The van der Waals surface area contributed by atoms with Gasteiger partial charge < -0.3 is 16.0 Å². The topological polar surface area (TPSA) is 87.3 Å². The van der Waals surface area contributed by atoms with Gasteiger partial charge in [-0.1, -0.05) is 11.6 Å². The Morgan fingerprint density at radius 1 is 1.11 bits per heavy atom. The predicted molar refractivity (Wildman–Crippen MR) is 109 cm³/mol. The normalized spacial score (nSPS) is 10.5. The number of amides is 3. The van der Waals surface area contributed by atoms with Crippen LogP contribution < -0.4 is 16.0 Å². The second-order valence-corrected chi connectivity index (χ2v) is 7.43. The van der Waals surface area contributed by atoms with Crippen LogP contribution in [0.15, 0.2) is 35.0 Å². The summed E-state index contributed by atoms with van der Waals surface area (Å²) in [7, 11) is 0. The Morgan fingerprint density at radius 2 is 1.89 bits per heavy atom. The molecule has 27 heavy (non-hydrogen) atoms. The van der Waals surface area contributed by atoms with Crippen LogP contribution >= 0.6 is 22.9 Å². The molecule has 0 aliphatic heterocycles. The standard InChI is InChI=1S/C19H22ClN3O3S/c1-12(2)22-19(26)13-5-6-15(20)16(10-13)23-17(24)4-3-8-21-18(25)14-7-9-27-11-14/h5-7,9-12H,3-4,8H2,1-2H3,(H,21,25)(H,22,26)(H,23,24). The van der Waals surface area contributed by atoms with Gasteiger partial charge in [0.1, 0.15) is 0 Å². The number of nitrogens with one attached hydrogen (secondary N) is 3. The van der Waals surface area contributed by atoms with Crippen molar-refractivity contribution in [3.8, 4) is 0 Å². The molecule has 0 saturated carbocycles. The molecule has 0 aliphatic rings. The van der Waals surface area contributed by atoms with Gasteiger partial charge in [-0.15, -0.1) is 0 Å². The molecule has 1 aromatic heterocycles. The van der Waals surface area contributed by atoms with Crippen molar-refractivity contribution in [1.29, 1.82) is 0 Å². The maximum Gasteiger partial charge on any atom is 0.252 e. The van der Waals surface area contributed by atoms with Gasteiger partial charge in [0, 0.05) is 35.5 Å². The fourth-order valence-electron chi connectivity index (χ4n) is 2.27. The van der Waals surface area contributed by atoms with Gasteiger partial charge in [-0.25, -0.2) is 0 Å². The van der Waals surface area contributed by atoms with Crippen molar-refractivity contribution in [2.45, 2.75) is 32.7 Å². The summed E-state index contributed by atoms with van der Waals surface area (Å²) in [6.45, 7) is 4.13. The fraction of sp³-hybridized carbons (Fsp3) is 0.316. The van der Waals surface area contributed by atoms with E-state index in [2.05, 4.69) is 16.0 Å². The van der Waals surface area contributed by atoms with Crippen molar-refractivity contribution in [3.63, 3.8) is 0 Å². The van der Waals surface area contributed by atoms with Crippen LogP contribution in [0.3, 0.4) is 0 Å². The Morgan fingerprint density at radius 3 is 2.56 bits per heavy atom. The molecule has 0 aliphatic carbocycles. The predicted octanol–water partition coefficient (Wildman–Crippen LogP) is 3.69. The third kappa shape index (κ3) is 6.69. The van der Waals surface area contributed by atoms with Crippen molar-refractivity contribution in [3.05, 3.63) is 51.2 Å². The first kappa shape index (κ1) is 20.9. The number of halogens is 1. The number of carbonyl (C=O) groups excluding carboxylic acids is 3. The molecule has 0 unspecified atom stereocenters. The Balaban J connectivity index is 1.82. The van der Waals surface area contributed by atoms with E-state index in [-0.39, 0.29) is 30.2 Å². The maximum absolute atomic E-state index is 12.1. The van der Waals surface area contributed by atoms with Crippen molar-refractivity contribution in [1.82, 2.24) is 10.6 Å². The van der Waals surface area contributed by atoms with Crippen molar-refractivity contribution >= 4 is 46.3 Å². The molecule has 0 bridgehead atoms. The number of benzene rings is 1. The zero-order chi connectivity index (χ0) is 19.8. The second kappa shape index (κ2) is 10.1. The highest BCUT2D eigenvalue weighted by Crippen LogP contribution is 2.23. The number of hydrogen-bond acceptors (Lipinski definition) is 4. The van der Waals surface area contributed by atoms with Gasteiger partial charge in [-0.05, 0) is 49.9 Å². The van der Waals surface area contributed by atoms with E-state index >= 15 is 0 Å². The fourth-order valence-corrected chi connectivity index (χ4v) is 3.07. The van der Waals surface area contributed by atoms with Gasteiger partial charge in [0.05, 0.1) is 10.7 Å². The third-order valence-electron chi connectivity index (χ3n) is 3.57. The molecule has 144 valence electrons. The van der Waals surface area contributed by atoms with Crippen LogP contribution in [0.5, 0.6) is 0 Å². The molecule has 0 spiro atoms. The van der Waals surface area contributed by atoms with Gasteiger partial charge >= 0.3 is 0 Å². The molecular weight excluding hydrogens is 386 g/mol. The molecule has 0 saturated heterocycles. The monoisotopic (exact) mass is 407 g/mol. The minimum atomic E-state index is -0.233. The minimum Gasteiger partial charge on any atom is -0.352 e.